The number of fused-ring (bicyclic) bond motifs is 1. The van der Waals surface area contributed by atoms with Crippen LogP contribution in [-0.4, -0.2) is 24.7 Å². The zero-order valence-corrected chi connectivity index (χ0v) is 17.9. The van der Waals surface area contributed by atoms with Crippen LogP contribution in [0, 0.1) is 6.92 Å². The number of benzene rings is 3. The Labute approximate surface area is 182 Å². The van der Waals surface area contributed by atoms with Gasteiger partial charge in [-0.2, -0.15) is 0 Å². The average Bonchev–Trinajstić information content (AvgIpc) is 3.13. The first-order valence-corrected chi connectivity index (χ1v) is 10.4. The maximum atomic E-state index is 12.0. The molecule has 1 atom stereocenters. The number of carbonyl (C=O) groups is 1. The molecule has 0 bridgehead atoms. The second kappa shape index (κ2) is 8.96. The van der Waals surface area contributed by atoms with Crippen LogP contribution in [0.2, 0.25) is 0 Å². The van der Waals surface area contributed by atoms with Crippen LogP contribution in [0.1, 0.15) is 40.1 Å². The predicted octanol–water partition coefficient (Wildman–Crippen LogP) is 5.86. The van der Waals surface area contributed by atoms with E-state index in [4.69, 9.17) is 9.47 Å². The number of aromatic nitrogens is 1. The largest absolute Gasteiger partial charge is 0.496 e. The van der Waals surface area contributed by atoms with E-state index >= 15 is 0 Å². The van der Waals surface area contributed by atoms with Crippen LogP contribution in [-0.2, 0) is 4.74 Å². The molecular weight excluding hydrogens is 388 g/mol. The van der Waals surface area contributed by atoms with E-state index in [1.54, 1.807) is 26.2 Å². The smallest absolute Gasteiger partial charge is 0.338 e. The van der Waals surface area contributed by atoms with Gasteiger partial charge in [0.2, 0.25) is 0 Å². The summed E-state index contributed by atoms with van der Waals surface area (Å²) in [5, 5.41) is 4.81. The highest BCUT2D eigenvalue weighted by molar-refractivity contribution is 5.90. The quantitative estimate of drug-likeness (QED) is 0.372. The molecule has 3 aromatic carbocycles. The van der Waals surface area contributed by atoms with Gasteiger partial charge in [0.25, 0.3) is 0 Å². The van der Waals surface area contributed by atoms with Crippen LogP contribution < -0.4 is 10.1 Å². The van der Waals surface area contributed by atoms with Gasteiger partial charge in [-0.25, -0.2) is 4.79 Å². The van der Waals surface area contributed by atoms with Gasteiger partial charge in [0.05, 0.1) is 25.3 Å². The third-order valence-corrected chi connectivity index (χ3v) is 5.39. The fraction of sp³-hybridized carbons (Fsp3) is 0.192. The number of rotatable bonds is 7. The Morgan fingerprint density at radius 2 is 1.71 bits per heavy atom. The number of nitrogens with one attached hydrogen (secondary N) is 2. The number of carbonyl (C=O) groups excluding carboxylic acids is 1. The molecule has 0 saturated heterocycles. The van der Waals surface area contributed by atoms with E-state index in [1.807, 2.05) is 42.5 Å². The van der Waals surface area contributed by atoms with Gasteiger partial charge >= 0.3 is 5.97 Å². The third-order valence-electron chi connectivity index (χ3n) is 5.39. The minimum absolute atomic E-state index is 0.152. The zero-order chi connectivity index (χ0) is 21.8. The molecule has 1 aromatic heterocycles. The lowest BCUT2D eigenvalue weighted by molar-refractivity contribution is 0.0526. The summed E-state index contributed by atoms with van der Waals surface area (Å²) in [5.74, 6) is 0.496. The summed E-state index contributed by atoms with van der Waals surface area (Å²) in [7, 11) is 1.69. The van der Waals surface area contributed by atoms with Crippen molar-refractivity contribution in [2.75, 3.05) is 19.0 Å². The molecule has 2 N–H and O–H groups in total. The van der Waals surface area contributed by atoms with Crippen LogP contribution in [0.25, 0.3) is 10.9 Å². The molecule has 31 heavy (non-hydrogen) atoms. The van der Waals surface area contributed by atoms with E-state index in [-0.39, 0.29) is 12.0 Å². The number of esters is 1. The number of ether oxygens (including phenoxy) is 2. The van der Waals surface area contributed by atoms with Crippen molar-refractivity contribution in [3.05, 3.63) is 95.2 Å². The van der Waals surface area contributed by atoms with Gasteiger partial charge in [-0.15, -0.1) is 0 Å². The van der Waals surface area contributed by atoms with E-state index in [0.29, 0.717) is 12.2 Å². The molecule has 0 aliphatic carbocycles. The van der Waals surface area contributed by atoms with Gasteiger partial charge in [-0.1, -0.05) is 36.4 Å². The van der Waals surface area contributed by atoms with Crippen molar-refractivity contribution in [3.63, 3.8) is 0 Å². The van der Waals surface area contributed by atoms with Crippen molar-refractivity contribution in [1.29, 1.82) is 0 Å². The third kappa shape index (κ3) is 4.12. The summed E-state index contributed by atoms with van der Waals surface area (Å²) in [4.78, 5) is 15.5. The standard InChI is InChI=1S/C26H26N2O3/c1-4-31-26(29)18-13-15-19(16-14-18)28-25(21-10-6-8-12-23(21)30-3)24-17(2)27-22-11-7-5-9-20(22)24/h5-16,25,27-28H,4H2,1-3H3. The molecule has 0 amide bonds. The number of aryl methyl sites for hydroxylation is 1. The minimum atomic E-state index is -0.317. The predicted molar refractivity (Wildman–Crippen MR) is 124 cm³/mol. The summed E-state index contributed by atoms with van der Waals surface area (Å²) in [6.45, 7) is 4.24. The SMILES string of the molecule is CCOC(=O)c1ccc(NC(c2ccccc2OC)c2c(C)[nH]c3ccccc23)cc1. The molecule has 0 fully saturated rings. The topological polar surface area (TPSA) is 63.4 Å². The van der Waals surface area contributed by atoms with Crippen molar-refractivity contribution < 1.29 is 14.3 Å². The molecule has 0 aliphatic rings. The molecule has 4 aromatic rings. The lowest BCUT2D eigenvalue weighted by atomic mass is 9.94. The number of H-pyrrole nitrogens is 1. The van der Waals surface area contributed by atoms with Crippen molar-refractivity contribution in [2.45, 2.75) is 19.9 Å². The number of aromatic amines is 1. The first kappa shape index (κ1) is 20.5. The molecule has 5 heteroatoms. The Morgan fingerprint density at radius 3 is 2.45 bits per heavy atom. The van der Waals surface area contributed by atoms with Gasteiger partial charge in [-0.3, -0.25) is 0 Å². The summed E-state index contributed by atoms with van der Waals surface area (Å²) in [5.41, 5.74) is 5.81. The van der Waals surface area contributed by atoms with E-state index in [1.165, 1.54) is 0 Å². The molecule has 4 rings (SSSR count). The summed E-state index contributed by atoms with van der Waals surface area (Å²) >= 11 is 0. The Hall–Kier alpha value is -3.73. The van der Waals surface area contributed by atoms with Crippen LogP contribution in [0.4, 0.5) is 5.69 Å². The first-order chi connectivity index (χ1) is 15.1. The highest BCUT2D eigenvalue weighted by Gasteiger charge is 2.23. The Morgan fingerprint density at radius 1 is 1.00 bits per heavy atom. The Bertz CT molecular complexity index is 1190. The molecule has 0 radical (unpaired) electrons. The Balaban J connectivity index is 1.78. The summed E-state index contributed by atoms with van der Waals surface area (Å²) in [6, 6.07) is 23.5. The van der Waals surface area contributed by atoms with Crippen molar-refractivity contribution >= 4 is 22.6 Å². The highest BCUT2D eigenvalue weighted by Crippen LogP contribution is 2.38. The van der Waals surface area contributed by atoms with Gasteiger partial charge in [0.15, 0.2) is 0 Å². The minimum Gasteiger partial charge on any atom is -0.496 e. The fourth-order valence-corrected chi connectivity index (χ4v) is 3.96. The molecule has 0 saturated carbocycles. The molecule has 0 aliphatic heterocycles. The number of para-hydroxylation sites is 2. The van der Waals surface area contributed by atoms with Gasteiger partial charge in [-0.05, 0) is 50.2 Å². The molecule has 158 valence electrons. The maximum Gasteiger partial charge on any atom is 0.338 e. The Kier molecular flexibility index (Phi) is 5.94. The van der Waals surface area contributed by atoms with E-state index in [9.17, 15) is 4.79 Å². The van der Waals surface area contributed by atoms with Crippen LogP contribution >= 0.6 is 0 Å². The lowest BCUT2D eigenvalue weighted by Crippen LogP contribution is -2.14. The zero-order valence-electron chi connectivity index (χ0n) is 17.9. The van der Waals surface area contributed by atoms with Crippen LogP contribution in [0.15, 0.2) is 72.8 Å². The van der Waals surface area contributed by atoms with Crippen molar-refractivity contribution in [3.8, 4) is 5.75 Å². The molecular formula is C26H26N2O3. The van der Waals surface area contributed by atoms with Crippen LogP contribution in [0.3, 0.4) is 0 Å². The first-order valence-electron chi connectivity index (χ1n) is 10.4. The number of hydrogen-bond donors (Lipinski definition) is 2. The second-order valence-electron chi connectivity index (χ2n) is 7.33. The lowest BCUT2D eigenvalue weighted by Gasteiger charge is -2.23. The molecule has 1 heterocycles. The van der Waals surface area contributed by atoms with Gasteiger partial charge < -0.3 is 19.8 Å². The van der Waals surface area contributed by atoms with Crippen LogP contribution in [0.5, 0.6) is 5.75 Å². The fourth-order valence-electron chi connectivity index (χ4n) is 3.96. The maximum absolute atomic E-state index is 12.0. The monoisotopic (exact) mass is 414 g/mol. The van der Waals surface area contributed by atoms with E-state index < -0.39 is 0 Å². The average molecular weight is 415 g/mol. The van der Waals surface area contributed by atoms with Crippen molar-refractivity contribution in [1.82, 2.24) is 4.98 Å². The van der Waals surface area contributed by atoms with Crippen molar-refractivity contribution in [2.24, 2.45) is 0 Å². The molecule has 5 nitrogen and oxygen atoms in total. The summed E-state index contributed by atoms with van der Waals surface area (Å²) < 4.78 is 10.8. The highest BCUT2D eigenvalue weighted by atomic mass is 16.5. The van der Waals surface area contributed by atoms with E-state index in [0.717, 1.165) is 39.2 Å². The number of methoxy groups -OCH3 is 1. The number of hydrogen-bond acceptors (Lipinski definition) is 4. The summed E-state index contributed by atoms with van der Waals surface area (Å²) in [6.07, 6.45) is 0. The van der Waals surface area contributed by atoms with Gasteiger partial charge in [0.1, 0.15) is 5.75 Å². The van der Waals surface area contributed by atoms with Gasteiger partial charge in [0, 0.05) is 33.4 Å². The molecule has 1 unspecified atom stereocenters. The second-order valence-corrected chi connectivity index (χ2v) is 7.33. The molecule has 0 spiro atoms. The normalized spacial score (nSPS) is 11.8. The number of anilines is 1. The van der Waals surface area contributed by atoms with E-state index in [2.05, 4.69) is 35.4 Å².